The van der Waals surface area contributed by atoms with E-state index < -0.39 is 0 Å². The van der Waals surface area contributed by atoms with Crippen molar-refractivity contribution >= 4 is 5.65 Å². The summed E-state index contributed by atoms with van der Waals surface area (Å²) in [5.74, 6) is 0.562. The summed E-state index contributed by atoms with van der Waals surface area (Å²) in [5, 5.41) is 0. The molecule has 3 rings (SSSR count). The second kappa shape index (κ2) is 5.93. The largest absolute Gasteiger partial charge is 0.325 e. The average molecular weight is 293 g/mol. The number of pyridine rings is 1. The van der Waals surface area contributed by atoms with Gasteiger partial charge in [-0.15, -0.1) is 0 Å². The number of nitrogens with zero attached hydrogens (tertiary/aromatic N) is 2. The van der Waals surface area contributed by atoms with Gasteiger partial charge in [-0.1, -0.05) is 38.1 Å². The van der Waals surface area contributed by atoms with Crippen LogP contribution >= 0.6 is 0 Å². The first-order valence-corrected chi connectivity index (χ1v) is 7.84. The zero-order valence-corrected chi connectivity index (χ0v) is 13.5. The smallest absolute Gasteiger partial charge is 0.137 e. The predicted octanol–water partition coefficient (Wildman–Crippen LogP) is 3.82. The van der Waals surface area contributed by atoms with Crippen molar-refractivity contribution in [3.63, 3.8) is 0 Å². The molecule has 1 aromatic carbocycles. The molecule has 0 fully saturated rings. The molecular formula is C19H23N3. The summed E-state index contributed by atoms with van der Waals surface area (Å²) in [7, 11) is 0. The molecule has 0 spiro atoms. The van der Waals surface area contributed by atoms with Gasteiger partial charge in [-0.25, -0.2) is 4.98 Å². The van der Waals surface area contributed by atoms with Crippen LogP contribution in [0.3, 0.4) is 0 Å². The van der Waals surface area contributed by atoms with Crippen LogP contribution in [0.15, 0.2) is 42.6 Å². The lowest BCUT2D eigenvalue weighted by molar-refractivity contribution is 0.864. The maximum Gasteiger partial charge on any atom is 0.137 e. The van der Waals surface area contributed by atoms with Crippen LogP contribution in [0.5, 0.6) is 0 Å². The Bertz CT molecular complexity index is 782. The summed E-state index contributed by atoms with van der Waals surface area (Å²) in [6, 6.07) is 13.0. The van der Waals surface area contributed by atoms with Gasteiger partial charge >= 0.3 is 0 Å². The zero-order valence-electron chi connectivity index (χ0n) is 13.5. The third kappa shape index (κ3) is 2.77. The number of rotatable bonds is 4. The SMILES string of the molecule is Cc1ccn2c(CN)c(Cc3ccc(C(C)C)cc3)nc2c1. The molecular weight excluding hydrogens is 270 g/mol. The number of hydrogen-bond donors (Lipinski definition) is 1. The van der Waals surface area contributed by atoms with Crippen LogP contribution in [-0.4, -0.2) is 9.38 Å². The predicted molar refractivity (Wildman–Crippen MR) is 91.2 cm³/mol. The van der Waals surface area contributed by atoms with Gasteiger partial charge in [0, 0.05) is 19.2 Å². The molecule has 0 aliphatic rings. The van der Waals surface area contributed by atoms with Gasteiger partial charge in [-0.2, -0.15) is 0 Å². The van der Waals surface area contributed by atoms with Gasteiger partial charge in [0.1, 0.15) is 5.65 Å². The minimum Gasteiger partial charge on any atom is -0.325 e. The van der Waals surface area contributed by atoms with Gasteiger partial charge in [0.05, 0.1) is 11.4 Å². The number of benzene rings is 1. The highest BCUT2D eigenvalue weighted by molar-refractivity contribution is 5.46. The fraction of sp³-hybridized carbons (Fsp3) is 0.316. The third-order valence-corrected chi connectivity index (χ3v) is 4.17. The van der Waals surface area contributed by atoms with Crippen molar-refractivity contribution in [1.29, 1.82) is 0 Å². The molecule has 2 N–H and O–H groups in total. The first-order valence-electron chi connectivity index (χ1n) is 7.84. The van der Waals surface area contributed by atoms with Crippen LogP contribution in [0.25, 0.3) is 5.65 Å². The lowest BCUT2D eigenvalue weighted by Gasteiger charge is -2.07. The molecule has 2 aromatic heterocycles. The first kappa shape index (κ1) is 14.8. The Labute approximate surface area is 131 Å². The van der Waals surface area contributed by atoms with Crippen molar-refractivity contribution in [3.05, 3.63) is 70.7 Å². The van der Waals surface area contributed by atoms with E-state index >= 15 is 0 Å². The number of aryl methyl sites for hydroxylation is 1. The van der Waals surface area contributed by atoms with Crippen molar-refractivity contribution in [3.8, 4) is 0 Å². The highest BCUT2D eigenvalue weighted by atomic mass is 15.0. The van der Waals surface area contributed by atoms with Crippen molar-refractivity contribution in [1.82, 2.24) is 9.38 Å². The quantitative estimate of drug-likeness (QED) is 0.794. The summed E-state index contributed by atoms with van der Waals surface area (Å²) in [6.07, 6.45) is 2.89. The summed E-state index contributed by atoms with van der Waals surface area (Å²) >= 11 is 0. The first-order chi connectivity index (χ1) is 10.6. The standard InChI is InChI=1S/C19H23N3/c1-13(2)16-6-4-15(5-7-16)11-17-18(12-20)22-9-8-14(3)10-19(22)21-17/h4-10,13H,11-12,20H2,1-3H3. The van der Waals surface area contributed by atoms with Gasteiger partial charge in [-0.05, 0) is 41.7 Å². The molecule has 0 radical (unpaired) electrons. The van der Waals surface area contributed by atoms with Crippen LogP contribution in [0.2, 0.25) is 0 Å². The van der Waals surface area contributed by atoms with Crippen molar-refractivity contribution in [2.75, 3.05) is 0 Å². The van der Waals surface area contributed by atoms with E-state index in [2.05, 4.69) is 67.8 Å². The number of nitrogens with two attached hydrogens (primary N) is 1. The second-order valence-electron chi connectivity index (χ2n) is 6.21. The number of imidazole rings is 1. The van der Waals surface area contributed by atoms with E-state index in [1.807, 2.05) is 0 Å². The van der Waals surface area contributed by atoms with Gasteiger partial charge in [0.15, 0.2) is 0 Å². The van der Waals surface area contributed by atoms with Gasteiger partial charge in [-0.3, -0.25) is 0 Å². The van der Waals surface area contributed by atoms with E-state index in [4.69, 9.17) is 10.7 Å². The topological polar surface area (TPSA) is 43.3 Å². The minimum atomic E-state index is 0.504. The molecule has 0 unspecified atom stereocenters. The minimum absolute atomic E-state index is 0.504. The van der Waals surface area contributed by atoms with Crippen LogP contribution in [0.4, 0.5) is 0 Å². The van der Waals surface area contributed by atoms with E-state index in [1.54, 1.807) is 0 Å². The molecule has 0 amide bonds. The summed E-state index contributed by atoms with van der Waals surface area (Å²) < 4.78 is 2.10. The van der Waals surface area contributed by atoms with Gasteiger partial charge in [0.25, 0.3) is 0 Å². The Morgan fingerprint density at radius 3 is 2.50 bits per heavy atom. The third-order valence-electron chi connectivity index (χ3n) is 4.17. The van der Waals surface area contributed by atoms with Crippen molar-refractivity contribution in [2.24, 2.45) is 5.73 Å². The molecule has 0 saturated heterocycles. The monoisotopic (exact) mass is 293 g/mol. The van der Waals surface area contributed by atoms with E-state index in [9.17, 15) is 0 Å². The fourth-order valence-electron chi connectivity index (χ4n) is 2.82. The number of aromatic nitrogens is 2. The molecule has 2 heterocycles. The van der Waals surface area contributed by atoms with Crippen LogP contribution < -0.4 is 5.73 Å². The summed E-state index contributed by atoms with van der Waals surface area (Å²) in [6.45, 7) is 7.02. The maximum absolute atomic E-state index is 5.96. The second-order valence-corrected chi connectivity index (χ2v) is 6.21. The molecule has 114 valence electrons. The van der Waals surface area contributed by atoms with Crippen LogP contribution in [0.1, 0.15) is 47.8 Å². The Morgan fingerprint density at radius 1 is 1.14 bits per heavy atom. The van der Waals surface area contributed by atoms with Crippen LogP contribution in [0, 0.1) is 6.92 Å². The van der Waals surface area contributed by atoms with E-state index in [0.29, 0.717) is 12.5 Å². The Kier molecular flexibility index (Phi) is 3.99. The fourth-order valence-corrected chi connectivity index (χ4v) is 2.82. The molecule has 3 nitrogen and oxygen atoms in total. The zero-order chi connectivity index (χ0) is 15.7. The van der Waals surface area contributed by atoms with Crippen molar-refractivity contribution < 1.29 is 0 Å². The average Bonchev–Trinajstić information content (AvgIpc) is 2.83. The lowest BCUT2D eigenvalue weighted by atomic mass is 10.00. The van der Waals surface area contributed by atoms with E-state index in [-0.39, 0.29) is 0 Å². The molecule has 0 aliphatic heterocycles. The number of fused-ring (bicyclic) bond motifs is 1. The molecule has 0 bridgehead atoms. The van der Waals surface area contributed by atoms with Gasteiger partial charge < -0.3 is 10.1 Å². The molecule has 3 aromatic rings. The summed E-state index contributed by atoms with van der Waals surface area (Å²) in [4.78, 5) is 4.78. The Hall–Kier alpha value is -2.13. The number of hydrogen-bond acceptors (Lipinski definition) is 2. The molecule has 22 heavy (non-hydrogen) atoms. The van der Waals surface area contributed by atoms with Crippen LogP contribution in [-0.2, 0) is 13.0 Å². The molecule has 0 aliphatic carbocycles. The summed E-state index contributed by atoms with van der Waals surface area (Å²) in [5.41, 5.74) is 13.0. The highest BCUT2D eigenvalue weighted by Gasteiger charge is 2.11. The lowest BCUT2D eigenvalue weighted by Crippen LogP contribution is -2.04. The van der Waals surface area contributed by atoms with Gasteiger partial charge in [0.2, 0.25) is 0 Å². The normalized spacial score (nSPS) is 11.5. The molecule has 3 heteroatoms. The van der Waals surface area contributed by atoms with E-state index in [1.165, 1.54) is 16.7 Å². The molecule has 0 atom stereocenters. The van der Waals surface area contributed by atoms with E-state index in [0.717, 1.165) is 23.5 Å². The highest BCUT2D eigenvalue weighted by Crippen LogP contribution is 2.19. The molecule has 0 saturated carbocycles. The van der Waals surface area contributed by atoms with Crippen molar-refractivity contribution in [2.45, 2.75) is 39.7 Å². The Balaban J connectivity index is 1.96. The maximum atomic E-state index is 5.96. The Morgan fingerprint density at radius 2 is 1.86 bits per heavy atom.